The average Bonchev–Trinajstić information content (AvgIpc) is 2.77. The zero-order chi connectivity index (χ0) is 20.2. The zero-order valence-electron chi connectivity index (χ0n) is 16.4. The van der Waals surface area contributed by atoms with Crippen LogP contribution in [0.5, 0.6) is 0 Å². The standard InChI is InChI=1S/C26H20N4/c1-5-19-13-20-6-2-11-25(16-20)29-30-26-12-4-8-22(18-26)14-21-7-3-10-24(17-21)28-27-23(9-1)15-19/h1-12,15-18H,13-14H2. The molecule has 5 rings (SSSR count). The molecule has 0 unspecified atom stereocenters. The SMILES string of the molecule is c1cc2cc(c1)N=Nc1cccc(c1)Cc1cccc(c1)N=Nc1cccc(c1)C2. The van der Waals surface area contributed by atoms with E-state index in [1.165, 1.54) is 22.3 Å². The van der Waals surface area contributed by atoms with Crippen LogP contribution in [0.1, 0.15) is 22.3 Å². The minimum absolute atomic E-state index is 0.803. The molecule has 0 amide bonds. The summed E-state index contributed by atoms with van der Waals surface area (Å²) in [5, 5.41) is 17.8. The van der Waals surface area contributed by atoms with Crippen LogP contribution in [0.25, 0.3) is 0 Å². The van der Waals surface area contributed by atoms with Gasteiger partial charge in [0.05, 0.1) is 22.7 Å². The first-order valence-corrected chi connectivity index (χ1v) is 9.99. The number of benzene rings is 4. The van der Waals surface area contributed by atoms with E-state index in [4.69, 9.17) is 0 Å². The minimum Gasteiger partial charge on any atom is -0.151 e. The van der Waals surface area contributed by atoms with Gasteiger partial charge in [-0.2, -0.15) is 20.5 Å². The number of nitrogens with zero attached hydrogens (tertiary/aromatic N) is 4. The van der Waals surface area contributed by atoms with Crippen molar-refractivity contribution in [3.05, 3.63) is 119 Å². The summed E-state index contributed by atoms with van der Waals surface area (Å²) in [5.74, 6) is 0. The first-order valence-electron chi connectivity index (χ1n) is 9.99. The Labute approximate surface area is 175 Å². The molecule has 4 aromatic carbocycles. The molecule has 0 spiro atoms. The zero-order valence-corrected chi connectivity index (χ0v) is 16.4. The fourth-order valence-corrected chi connectivity index (χ4v) is 3.62. The Hall–Kier alpha value is -3.92. The van der Waals surface area contributed by atoms with Gasteiger partial charge in [-0.05, 0) is 83.6 Å². The van der Waals surface area contributed by atoms with Crippen LogP contribution >= 0.6 is 0 Å². The van der Waals surface area contributed by atoms with Gasteiger partial charge in [-0.1, -0.05) is 48.5 Å². The quantitative estimate of drug-likeness (QED) is 0.258. The van der Waals surface area contributed by atoms with E-state index in [9.17, 15) is 0 Å². The Morgan fingerprint density at radius 3 is 0.900 bits per heavy atom. The van der Waals surface area contributed by atoms with Gasteiger partial charge in [0.15, 0.2) is 0 Å². The summed E-state index contributed by atoms with van der Waals surface area (Å²) < 4.78 is 0. The van der Waals surface area contributed by atoms with E-state index >= 15 is 0 Å². The summed E-state index contributed by atoms with van der Waals surface area (Å²) >= 11 is 0. The molecule has 8 bridgehead atoms. The van der Waals surface area contributed by atoms with Gasteiger partial charge in [-0.15, -0.1) is 0 Å². The van der Waals surface area contributed by atoms with Crippen molar-refractivity contribution in [2.45, 2.75) is 12.8 Å². The maximum atomic E-state index is 4.46. The molecule has 0 radical (unpaired) electrons. The second-order valence-electron chi connectivity index (χ2n) is 7.43. The van der Waals surface area contributed by atoms with Gasteiger partial charge in [0, 0.05) is 0 Å². The van der Waals surface area contributed by atoms with Crippen molar-refractivity contribution in [3.8, 4) is 0 Å². The largest absolute Gasteiger partial charge is 0.151 e. The van der Waals surface area contributed by atoms with Crippen LogP contribution < -0.4 is 0 Å². The normalized spacial score (nSPS) is 12.8. The number of hydrogen-bond donors (Lipinski definition) is 0. The number of rotatable bonds is 0. The molecule has 0 N–H and O–H groups in total. The van der Waals surface area contributed by atoms with E-state index in [0.717, 1.165) is 35.6 Å². The summed E-state index contributed by atoms with van der Waals surface area (Å²) in [5.41, 5.74) is 8.13. The molecule has 1 aliphatic rings. The van der Waals surface area contributed by atoms with Gasteiger partial charge in [0.1, 0.15) is 0 Å². The summed E-state index contributed by atoms with van der Waals surface area (Å²) in [6.07, 6.45) is 1.61. The highest BCUT2D eigenvalue weighted by atomic mass is 15.1. The Morgan fingerprint density at radius 1 is 0.367 bits per heavy atom. The summed E-state index contributed by atoms with van der Waals surface area (Å²) in [4.78, 5) is 0. The summed E-state index contributed by atoms with van der Waals surface area (Å²) in [7, 11) is 0. The van der Waals surface area contributed by atoms with Crippen molar-refractivity contribution < 1.29 is 0 Å². The maximum absolute atomic E-state index is 4.46. The molecule has 0 saturated heterocycles. The van der Waals surface area contributed by atoms with Crippen molar-refractivity contribution in [1.82, 2.24) is 0 Å². The van der Waals surface area contributed by atoms with Crippen molar-refractivity contribution >= 4 is 22.7 Å². The predicted molar refractivity (Wildman–Crippen MR) is 120 cm³/mol. The second-order valence-corrected chi connectivity index (χ2v) is 7.43. The molecule has 30 heavy (non-hydrogen) atoms. The molecule has 4 heteroatoms. The van der Waals surface area contributed by atoms with Crippen LogP contribution in [-0.2, 0) is 12.8 Å². The third kappa shape index (κ3) is 4.39. The Kier molecular flexibility index (Phi) is 4.96. The molecule has 0 fully saturated rings. The molecular formula is C26H20N4. The van der Waals surface area contributed by atoms with E-state index < -0.39 is 0 Å². The minimum atomic E-state index is 0.803. The lowest BCUT2D eigenvalue weighted by Gasteiger charge is -2.06. The fourth-order valence-electron chi connectivity index (χ4n) is 3.62. The van der Waals surface area contributed by atoms with Gasteiger partial charge < -0.3 is 0 Å². The highest BCUT2D eigenvalue weighted by molar-refractivity contribution is 5.48. The van der Waals surface area contributed by atoms with Crippen LogP contribution in [0.3, 0.4) is 0 Å². The smallest absolute Gasteiger partial charge is 0.0859 e. The van der Waals surface area contributed by atoms with E-state index in [0.29, 0.717) is 0 Å². The van der Waals surface area contributed by atoms with Crippen LogP contribution in [0.15, 0.2) is 118 Å². The molecule has 4 aromatic rings. The number of hydrogen-bond acceptors (Lipinski definition) is 4. The molecule has 0 aromatic heterocycles. The molecule has 1 aliphatic heterocycles. The van der Waals surface area contributed by atoms with E-state index in [1.807, 2.05) is 48.5 Å². The van der Waals surface area contributed by atoms with Crippen LogP contribution in [-0.4, -0.2) is 0 Å². The maximum Gasteiger partial charge on any atom is 0.0859 e. The molecule has 1 heterocycles. The average molecular weight is 388 g/mol. The third-order valence-electron chi connectivity index (χ3n) is 5.02. The molecule has 0 atom stereocenters. The Bertz CT molecular complexity index is 1060. The first-order chi connectivity index (χ1) is 14.8. The molecule has 0 aliphatic carbocycles. The van der Waals surface area contributed by atoms with Crippen LogP contribution in [0.4, 0.5) is 22.7 Å². The number of azo groups is 2. The fraction of sp³-hybridized carbons (Fsp3) is 0.0769. The van der Waals surface area contributed by atoms with E-state index in [1.54, 1.807) is 0 Å². The predicted octanol–water partition coefficient (Wildman–Crippen LogP) is 8.01. The Balaban J connectivity index is 1.59. The molecule has 4 nitrogen and oxygen atoms in total. The lowest BCUT2D eigenvalue weighted by Crippen LogP contribution is -1.88. The van der Waals surface area contributed by atoms with Crippen LogP contribution in [0.2, 0.25) is 0 Å². The van der Waals surface area contributed by atoms with Gasteiger partial charge >= 0.3 is 0 Å². The van der Waals surface area contributed by atoms with Crippen molar-refractivity contribution in [2.24, 2.45) is 20.5 Å². The summed E-state index contributed by atoms with van der Waals surface area (Å²) in [6.45, 7) is 0. The monoisotopic (exact) mass is 388 g/mol. The topological polar surface area (TPSA) is 49.4 Å². The van der Waals surface area contributed by atoms with Gasteiger partial charge in [-0.25, -0.2) is 0 Å². The molecular weight excluding hydrogens is 368 g/mol. The van der Waals surface area contributed by atoms with Crippen LogP contribution in [0, 0.1) is 0 Å². The van der Waals surface area contributed by atoms with E-state index in [2.05, 4.69) is 69.0 Å². The van der Waals surface area contributed by atoms with Gasteiger partial charge in [0.25, 0.3) is 0 Å². The summed E-state index contributed by atoms with van der Waals surface area (Å²) in [6, 6.07) is 32.7. The molecule has 0 saturated carbocycles. The Morgan fingerprint density at radius 2 is 0.633 bits per heavy atom. The highest BCUT2D eigenvalue weighted by Gasteiger charge is 2.03. The lowest BCUT2D eigenvalue weighted by atomic mass is 10.0. The van der Waals surface area contributed by atoms with E-state index in [-0.39, 0.29) is 0 Å². The van der Waals surface area contributed by atoms with Gasteiger partial charge in [-0.3, -0.25) is 0 Å². The van der Waals surface area contributed by atoms with Crippen molar-refractivity contribution in [2.75, 3.05) is 0 Å². The van der Waals surface area contributed by atoms with Crippen molar-refractivity contribution in [3.63, 3.8) is 0 Å². The highest BCUT2D eigenvalue weighted by Crippen LogP contribution is 2.26. The third-order valence-corrected chi connectivity index (χ3v) is 5.02. The van der Waals surface area contributed by atoms with Crippen molar-refractivity contribution in [1.29, 1.82) is 0 Å². The lowest BCUT2D eigenvalue weighted by molar-refractivity contribution is 1.14. The first kappa shape index (κ1) is 18.1. The molecule has 144 valence electrons. The van der Waals surface area contributed by atoms with Gasteiger partial charge in [0.2, 0.25) is 0 Å². The number of fused-ring (bicyclic) bond motifs is 8. The second kappa shape index (κ2) is 8.21.